The number of amides is 1. The SMILES string of the molecule is COc1ccc(-c2ccc(-c3noc(-c4ccc(C(N)=O)cn4)n3)cc2)cc1. The molecule has 0 saturated carbocycles. The molecule has 138 valence electrons. The fourth-order valence-corrected chi connectivity index (χ4v) is 2.71. The molecule has 1 amide bonds. The van der Waals surface area contributed by atoms with Crippen molar-refractivity contribution < 1.29 is 14.1 Å². The van der Waals surface area contributed by atoms with Crippen LogP contribution in [0.4, 0.5) is 0 Å². The largest absolute Gasteiger partial charge is 0.497 e. The highest BCUT2D eigenvalue weighted by atomic mass is 16.5. The molecule has 0 unspecified atom stereocenters. The lowest BCUT2D eigenvalue weighted by Crippen LogP contribution is -2.10. The lowest BCUT2D eigenvalue weighted by Gasteiger charge is -2.04. The zero-order valence-electron chi connectivity index (χ0n) is 15.0. The van der Waals surface area contributed by atoms with E-state index in [1.807, 2.05) is 48.5 Å². The molecule has 0 fully saturated rings. The van der Waals surface area contributed by atoms with E-state index in [-0.39, 0.29) is 5.89 Å². The molecule has 0 bridgehead atoms. The van der Waals surface area contributed by atoms with Crippen molar-refractivity contribution in [1.82, 2.24) is 15.1 Å². The highest BCUT2D eigenvalue weighted by molar-refractivity contribution is 5.92. The van der Waals surface area contributed by atoms with Crippen molar-refractivity contribution in [3.8, 4) is 39.8 Å². The van der Waals surface area contributed by atoms with Crippen LogP contribution in [0.5, 0.6) is 5.75 Å². The minimum absolute atomic E-state index is 0.269. The maximum atomic E-state index is 11.1. The normalized spacial score (nSPS) is 10.6. The van der Waals surface area contributed by atoms with E-state index in [1.54, 1.807) is 19.2 Å². The first-order valence-corrected chi connectivity index (χ1v) is 8.49. The maximum absolute atomic E-state index is 11.1. The number of rotatable bonds is 5. The number of hydrogen-bond acceptors (Lipinski definition) is 6. The monoisotopic (exact) mass is 372 g/mol. The lowest BCUT2D eigenvalue weighted by atomic mass is 10.0. The molecule has 4 rings (SSSR count). The average molecular weight is 372 g/mol. The fourth-order valence-electron chi connectivity index (χ4n) is 2.71. The molecule has 2 aromatic heterocycles. The van der Waals surface area contributed by atoms with Crippen molar-refractivity contribution in [2.45, 2.75) is 0 Å². The summed E-state index contributed by atoms with van der Waals surface area (Å²) in [6.45, 7) is 0. The quantitative estimate of drug-likeness (QED) is 0.574. The minimum atomic E-state index is -0.540. The number of aromatic nitrogens is 3. The van der Waals surface area contributed by atoms with Gasteiger partial charge in [-0.25, -0.2) is 0 Å². The summed E-state index contributed by atoms with van der Waals surface area (Å²) >= 11 is 0. The van der Waals surface area contributed by atoms with Crippen LogP contribution >= 0.6 is 0 Å². The van der Waals surface area contributed by atoms with Crippen LogP contribution in [-0.2, 0) is 0 Å². The molecule has 0 aliphatic carbocycles. The second-order valence-corrected chi connectivity index (χ2v) is 6.03. The fraction of sp³-hybridized carbons (Fsp3) is 0.0476. The molecular formula is C21H16N4O3. The van der Waals surface area contributed by atoms with E-state index in [0.29, 0.717) is 17.1 Å². The molecular weight excluding hydrogens is 356 g/mol. The Morgan fingerprint density at radius 3 is 2.14 bits per heavy atom. The predicted molar refractivity (Wildman–Crippen MR) is 103 cm³/mol. The average Bonchev–Trinajstić information content (AvgIpc) is 3.24. The number of ether oxygens (including phenoxy) is 1. The Hall–Kier alpha value is -4.00. The van der Waals surface area contributed by atoms with Crippen LogP contribution in [0.15, 0.2) is 71.4 Å². The number of benzene rings is 2. The third-order valence-corrected chi connectivity index (χ3v) is 4.26. The first-order valence-electron chi connectivity index (χ1n) is 8.49. The molecule has 4 aromatic rings. The van der Waals surface area contributed by atoms with Crippen LogP contribution in [0.25, 0.3) is 34.1 Å². The van der Waals surface area contributed by atoms with Crippen molar-refractivity contribution >= 4 is 5.91 Å². The van der Waals surface area contributed by atoms with Gasteiger partial charge in [0.15, 0.2) is 0 Å². The van der Waals surface area contributed by atoms with Crippen molar-refractivity contribution in [3.05, 3.63) is 72.4 Å². The molecule has 0 aliphatic heterocycles. The summed E-state index contributed by atoms with van der Waals surface area (Å²) < 4.78 is 10.5. The topological polar surface area (TPSA) is 104 Å². The summed E-state index contributed by atoms with van der Waals surface area (Å²) in [6, 6.07) is 18.9. The number of carbonyl (C=O) groups is 1. The molecule has 2 N–H and O–H groups in total. The van der Waals surface area contributed by atoms with Gasteiger partial charge in [-0.3, -0.25) is 9.78 Å². The minimum Gasteiger partial charge on any atom is -0.497 e. The molecule has 0 atom stereocenters. The summed E-state index contributed by atoms with van der Waals surface area (Å²) in [7, 11) is 1.64. The van der Waals surface area contributed by atoms with Gasteiger partial charge in [0.05, 0.1) is 12.7 Å². The van der Waals surface area contributed by atoms with Gasteiger partial charge >= 0.3 is 0 Å². The first-order chi connectivity index (χ1) is 13.6. The highest BCUT2D eigenvalue weighted by Crippen LogP contribution is 2.26. The van der Waals surface area contributed by atoms with E-state index in [4.69, 9.17) is 15.0 Å². The van der Waals surface area contributed by atoms with Gasteiger partial charge in [-0.1, -0.05) is 41.6 Å². The van der Waals surface area contributed by atoms with Crippen LogP contribution in [0.2, 0.25) is 0 Å². The number of methoxy groups -OCH3 is 1. The Morgan fingerprint density at radius 1 is 0.929 bits per heavy atom. The van der Waals surface area contributed by atoms with Gasteiger partial charge in [-0.05, 0) is 35.4 Å². The second-order valence-electron chi connectivity index (χ2n) is 6.03. The molecule has 0 spiro atoms. The van der Waals surface area contributed by atoms with E-state index < -0.39 is 5.91 Å². The Labute approximate surface area is 160 Å². The maximum Gasteiger partial charge on any atom is 0.276 e. The Kier molecular flexibility index (Phi) is 4.55. The van der Waals surface area contributed by atoms with Crippen LogP contribution in [0, 0.1) is 0 Å². The highest BCUT2D eigenvalue weighted by Gasteiger charge is 2.12. The van der Waals surface area contributed by atoms with Crippen molar-refractivity contribution in [2.24, 2.45) is 5.73 Å². The van der Waals surface area contributed by atoms with E-state index in [9.17, 15) is 4.79 Å². The van der Waals surface area contributed by atoms with E-state index in [1.165, 1.54) is 6.20 Å². The molecule has 0 radical (unpaired) electrons. The summed E-state index contributed by atoms with van der Waals surface area (Å²) in [5, 5.41) is 4.01. The van der Waals surface area contributed by atoms with Crippen LogP contribution in [-0.4, -0.2) is 28.1 Å². The van der Waals surface area contributed by atoms with Crippen molar-refractivity contribution in [1.29, 1.82) is 0 Å². The van der Waals surface area contributed by atoms with Gasteiger partial charge in [0.1, 0.15) is 11.4 Å². The van der Waals surface area contributed by atoms with Crippen molar-refractivity contribution in [2.75, 3.05) is 7.11 Å². The number of nitrogens with two attached hydrogens (primary N) is 1. The second kappa shape index (κ2) is 7.32. The molecule has 0 saturated heterocycles. The van der Waals surface area contributed by atoms with Gasteiger partial charge < -0.3 is 15.0 Å². The summed E-state index contributed by atoms with van der Waals surface area (Å²) in [6.07, 6.45) is 1.38. The van der Waals surface area contributed by atoms with Gasteiger partial charge in [-0.2, -0.15) is 4.98 Å². The summed E-state index contributed by atoms with van der Waals surface area (Å²) in [4.78, 5) is 19.6. The third kappa shape index (κ3) is 3.45. The molecule has 7 heteroatoms. The number of hydrogen-bond donors (Lipinski definition) is 1. The Bertz CT molecular complexity index is 1100. The first kappa shape index (κ1) is 17.4. The molecule has 7 nitrogen and oxygen atoms in total. The zero-order valence-corrected chi connectivity index (χ0v) is 15.0. The van der Waals surface area contributed by atoms with E-state index >= 15 is 0 Å². The van der Waals surface area contributed by atoms with Gasteiger partial charge in [0, 0.05) is 11.8 Å². The standard InChI is InChI=1S/C21H16N4O3/c1-27-17-9-6-14(7-10-17)13-2-4-15(5-3-13)20-24-21(28-25-20)18-11-8-16(12-23-18)19(22)26/h2-12H,1H3,(H2,22,26). The lowest BCUT2D eigenvalue weighted by molar-refractivity contribution is 0.1000. The smallest absolute Gasteiger partial charge is 0.276 e. The Morgan fingerprint density at radius 2 is 1.57 bits per heavy atom. The van der Waals surface area contributed by atoms with Crippen molar-refractivity contribution in [3.63, 3.8) is 0 Å². The molecule has 28 heavy (non-hydrogen) atoms. The zero-order chi connectivity index (χ0) is 19.5. The number of carbonyl (C=O) groups excluding carboxylic acids is 1. The van der Waals surface area contributed by atoms with Gasteiger partial charge in [0.25, 0.3) is 5.89 Å². The van der Waals surface area contributed by atoms with Crippen LogP contribution in [0.3, 0.4) is 0 Å². The number of pyridine rings is 1. The number of nitrogens with zero attached hydrogens (tertiary/aromatic N) is 3. The molecule has 0 aliphatic rings. The van der Waals surface area contributed by atoms with E-state index in [2.05, 4.69) is 15.1 Å². The van der Waals surface area contributed by atoms with Crippen LogP contribution in [0.1, 0.15) is 10.4 Å². The summed E-state index contributed by atoms with van der Waals surface area (Å²) in [5.74, 6) is 1.00. The third-order valence-electron chi connectivity index (χ3n) is 4.26. The van der Waals surface area contributed by atoms with Gasteiger partial charge in [0.2, 0.25) is 11.7 Å². The van der Waals surface area contributed by atoms with Gasteiger partial charge in [-0.15, -0.1) is 0 Å². The molecule has 2 aromatic carbocycles. The number of primary amides is 1. The van der Waals surface area contributed by atoms with Crippen LogP contribution < -0.4 is 10.5 Å². The summed E-state index contributed by atoms with van der Waals surface area (Å²) in [5.41, 5.74) is 8.97. The predicted octanol–water partition coefficient (Wildman–Crippen LogP) is 3.57. The Balaban J connectivity index is 1.55. The molecule has 2 heterocycles. The van der Waals surface area contributed by atoms with E-state index in [0.717, 1.165) is 22.4 Å².